The van der Waals surface area contributed by atoms with E-state index in [4.69, 9.17) is 0 Å². The minimum absolute atomic E-state index is 0.150. The minimum atomic E-state index is -0.483. The van der Waals surface area contributed by atoms with Gasteiger partial charge in [-0.25, -0.2) is 4.39 Å². The van der Waals surface area contributed by atoms with Crippen molar-refractivity contribution in [1.29, 1.82) is 0 Å². The van der Waals surface area contributed by atoms with Crippen LogP contribution in [0.3, 0.4) is 0 Å². The molecule has 1 aromatic carbocycles. The lowest BCUT2D eigenvalue weighted by Gasteiger charge is -2.25. The van der Waals surface area contributed by atoms with Crippen molar-refractivity contribution < 1.29 is 9.50 Å². The van der Waals surface area contributed by atoms with E-state index in [0.29, 0.717) is 17.3 Å². The lowest BCUT2D eigenvalue weighted by atomic mass is 10.2. The molecule has 19 heavy (non-hydrogen) atoms. The number of phenolic OH excluding ortho intramolecular Hbond substituents is 1. The van der Waals surface area contributed by atoms with Crippen LogP contribution in [0.5, 0.6) is 5.75 Å². The number of aromatic nitrogens is 3. The van der Waals surface area contributed by atoms with E-state index in [2.05, 4.69) is 25.4 Å². The van der Waals surface area contributed by atoms with E-state index in [0.717, 1.165) is 32.2 Å². The quantitative estimate of drug-likeness (QED) is 0.744. The number of aromatic hydroxyl groups is 1. The number of benzene rings is 1. The Morgan fingerprint density at radius 3 is 2.79 bits per heavy atom. The van der Waals surface area contributed by atoms with Crippen LogP contribution in [0, 0.1) is 5.82 Å². The Kier molecular flexibility index (Phi) is 3.04. The van der Waals surface area contributed by atoms with Crippen LogP contribution < -0.4 is 10.2 Å². The minimum Gasteiger partial charge on any atom is -0.507 e. The second kappa shape index (κ2) is 4.85. The zero-order valence-electron chi connectivity index (χ0n) is 10.2. The summed E-state index contributed by atoms with van der Waals surface area (Å²) in [7, 11) is 0. The normalized spacial score (nSPS) is 15.7. The Hall–Kier alpha value is -2.15. The molecule has 2 aromatic rings. The first kappa shape index (κ1) is 11.9. The summed E-state index contributed by atoms with van der Waals surface area (Å²) in [4.78, 5) is 6.40. The maximum atomic E-state index is 12.9. The number of aromatic amines is 1. The molecule has 0 aliphatic carbocycles. The largest absolute Gasteiger partial charge is 0.507 e. The molecule has 0 radical (unpaired) electrons. The van der Waals surface area contributed by atoms with Crippen molar-refractivity contribution in [2.75, 3.05) is 31.1 Å². The maximum Gasteiger partial charge on any atom is 0.245 e. The highest BCUT2D eigenvalue weighted by Crippen LogP contribution is 2.27. The van der Waals surface area contributed by atoms with Crippen molar-refractivity contribution in [2.45, 2.75) is 0 Å². The van der Waals surface area contributed by atoms with Gasteiger partial charge in [-0.05, 0) is 12.1 Å². The number of nitrogens with one attached hydrogen (secondary N) is 2. The van der Waals surface area contributed by atoms with Crippen molar-refractivity contribution in [1.82, 2.24) is 20.5 Å². The summed E-state index contributed by atoms with van der Waals surface area (Å²) < 4.78 is 12.9. The zero-order valence-corrected chi connectivity index (χ0v) is 10.2. The summed E-state index contributed by atoms with van der Waals surface area (Å²) in [5.74, 6) is 0.400. The van der Waals surface area contributed by atoms with Gasteiger partial charge in [0, 0.05) is 32.2 Å². The second-order valence-corrected chi connectivity index (χ2v) is 4.38. The fourth-order valence-corrected chi connectivity index (χ4v) is 2.08. The molecule has 3 rings (SSSR count). The molecule has 1 fully saturated rings. The van der Waals surface area contributed by atoms with Gasteiger partial charge in [0.2, 0.25) is 5.95 Å². The van der Waals surface area contributed by atoms with Crippen LogP contribution in [0.25, 0.3) is 11.4 Å². The molecule has 7 heteroatoms. The molecule has 100 valence electrons. The number of halogens is 1. The standard InChI is InChI=1S/C12H14FN5O/c13-8-1-2-9(10(19)7-8)11-15-12(17-16-11)18-5-3-14-4-6-18/h1-2,7,14,19H,3-6H2,(H,15,16,17). The van der Waals surface area contributed by atoms with E-state index < -0.39 is 5.82 Å². The molecule has 1 aliphatic heterocycles. The van der Waals surface area contributed by atoms with E-state index in [1.807, 2.05) is 0 Å². The Morgan fingerprint density at radius 1 is 1.26 bits per heavy atom. The molecule has 0 spiro atoms. The number of H-pyrrole nitrogens is 1. The van der Waals surface area contributed by atoms with E-state index in [1.165, 1.54) is 12.1 Å². The Morgan fingerprint density at radius 2 is 2.05 bits per heavy atom. The first-order valence-electron chi connectivity index (χ1n) is 6.11. The predicted octanol–water partition coefficient (Wildman–Crippen LogP) is 0.726. The van der Waals surface area contributed by atoms with Crippen molar-refractivity contribution in [2.24, 2.45) is 0 Å². The first-order valence-corrected chi connectivity index (χ1v) is 6.11. The second-order valence-electron chi connectivity index (χ2n) is 4.38. The Labute approximate surface area is 109 Å². The number of nitrogens with zero attached hydrogens (tertiary/aromatic N) is 3. The molecule has 6 nitrogen and oxygen atoms in total. The van der Waals surface area contributed by atoms with Gasteiger partial charge in [0.15, 0.2) is 5.82 Å². The molecule has 1 aromatic heterocycles. The Bertz CT molecular complexity index is 579. The monoisotopic (exact) mass is 263 g/mol. The van der Waals surface area contributed by atoms with Crippen LogP contribution in [0.15, 0.2) is 18.2 Å². The smallest absolute Gasteiger partial charge is 0.245 e. The number of hydrogen-bond donors (Lipinski definition) is 3. The van der Waals surface area contributed by atoms with Gasteiger partial charge < -0.3 is 15.3 Å². The van der Waals surface area contributed by atoms with Gasteiger partial charge in [0.25, 0.3) is 0 Å². The molecule has 3 N–H and O–H groups in total. The van der Waals surface area contributed by atoms with E-state index in [-0.39, 0.29) is 5.75 Å². The van der Waals surface area contributed by atoms with Gasteiger partial charge in [0.05, 0.1) is 5.56 Å². The van der Waals surface area contributed by atoms with Crippen molar-refractivity contribution in [3.63, 3.8) is 0 Å². The highest BCUT2D eigenvalue weighted by molar-refractivity contribution is 5.64. The average molecular weight is 263 g/mol. The summed E-state index contributed by atoms with van der Waals surface area (Å²) in [5.41, 5.74) is 0.440. The van der Waals surface area contributed by atoms with E-state index in [9.17, 15) is 9.50 Å². The van der Waals surface area contributed by atoms with Crippen LogP contribution in [-0.2, 0) is 0 Å². The number of phenols is 1. The summed E-state index contributed by atoms with van der Waals surface area (Å²) >= 11 is 0. The van der Waals surface area contributed by atoms with Crippen LogP contribution in [0.4, 0.5) is 10.3 Å². The van der Waals surface area contributed by atoms with Crippen LogP contribution in [0.1, 0.15) is 0 Å². The van der Waals surface area contributed by atoms with Crippen molar-refractivity contribution in [3.05, 3.63) is 24.0 Å². The lowest BCUT2D eigenvalue weighted by Crippen LogP contribution is -2.44. The molecule has 1 aliphatic rings. The van der Waals surface area contributed by atoms with Crippen molar-refractivity contribution >= 4 is 5.95 Å². The summed E-state index contributed by atoms with van der Waals surface area (Å²) in [6, 6.07) is 3.82. The molecule has 0 amide bonds. The third-order valence-electron chi connectivity index (χ3n) is 3.09. The molecule has 0 saturated carbocycles. The highest BCUT2D eigenvalue weighted by atomic mass is 19.1. The average Bonchev–Trinajstić information content (AvgIpc) is 2.89. The van der Waals surface area contributed by atoms with Crippen molar-refractivity contribution in [3.8, 4) is 17.1 Å². The summed E-state index contributed by atoms with van der Waals surface area (Å²) in [6.07, 6.45) is 0. The SMILES string of the molecule is Oc1cc(F)ccc1-c1nc(N2CCNCC2)n[nH]1. The molecule has 2 heterocycles. The Balaban J connectivity index is 1.87. The van der Waals surface area contributed by atoms with Gasteiger partial charge in [0.1, 0.15) is 11.6 Å². The number of rotatable bonds is 2. The molecule has 1 saturated heterocycles. The molecular weight excluding hydrogens is 249 g/mol. The van der Waals surface area contributed by atoms with E-state index >= 15 is 0 Å². The summed E-state index contributed by atoms with van der Waals surface area (Å²) in [5, 5.41) is 19.9. The molecule has 0 bridgehead atoms. The first-order chi connectivity index (χ1) is 9.24. The van der Waals surface area contributed by atoms with Crippen LogP contribution in [-0.4, -0.2) is 46.5 Å². The van der Waals surface area contributed by atoms with Crippen LogP contribution >= 0.6 is 0 Å². The zero-order chi connectivity index (χ0) is 13.2. The topological polar surface area (TPSA) is 77.1 Å². The number of piperazine rings is 1. The van der Waals surface area contributed by atoms with Gasteiger partial charge in [-0.15, -0.1) is 5.10 Å². The predicted molar refractivity (Wildman–Crippen MR) is 68.5 cm³/mol. The van der Waals surface area contributed by atoms with Gasteiger partial charge in [-0.1, -0.05) is 0 Å². The van der Waals surface area contributed by atoms with Crippen LogP contribution in [0.2, 0.25) is 0 Å². The van der Waals surface area contributed by atoms with Gasteiger partial charge in [-0.2, -0.15) is 4.98 Å². The third kappa shape index (κ3) is 2.37. The number of anilines is 1. The van der Waals surface area contributed by atoms with Gasteiger partial charge >= 0.3 is 0 Å². The summed E-state index contributed by atoms with van der Waals surface area (Å²) in [6.45, 7) is 3.47. The lowest BCUT2D eigenvalue weighted by molar-refractivity contribution is 0.470. The van der Waals surface area contributed by atoms with E-state index in [1.54, 1.807) is 0 Å². The fourth-order valence-electron chi connectivity index (χ4n) is 2.08. The van der Waals surface area contributed by atoms with Gasteiger partial charge in [-0.3, -0.25) is 5.10 Å². The maximum absolute atomic E-state index is 12.9. The highest BCUT2D eigenvalue weighted by Gasteiger charge is 2.16. The molecular formula is C12H14FN5O. The third-order valence-corrected chi connectivity index (χ3v) is 3.09. The fraction of sp³-hybridized carbons (Fsp3) is 0.333. The number of hydrogen-bond acceptors (Lipinski definition) is 5. The molecule has 0 unspecified atom stereocenters. The molecule has 0 atom stereocenters.